The summed E-state index contributed by atoms with van der Waals surface area (Å²) in [4.78, 5) is 43.1. The Hall–Kier alpha value is -2.17. The molecule has 1 saturated heterocycles. The van der Waals surface area contributed by atoms with Crippen LogP contribution in [0.5, 0.6) is 5.75 Å². The molecule has 3 N–H and O–H groups in total. The number of nitrogens with zero attached hydrogens (tertiary/aromatic N) is 1. The first-order chi connectivity index (χ1) is 15.3. The van der Waals surface area contributed by atoms with Gasteiger partial charge in [0.05, 0.1) is 23.3 Å². The number of imide groups is 1. The number of fused-ring (bicyclic) bond motifs is 9. The lowest BCUT2D eigenvalue weighted by Gasteiger charge is -2.43. The summed E-state index contributed by atoms with van der Waals surface area (Å²) in [6, 6.07) is 7.24. The zero-order valence-corrected chi connectivity index (χ0v) is 19.2. The van der Waals surface area contributed by atoms with E-state index in [-0.39, 0.29) is 71.3 Å². The standard InChI is InChI=1S/C22H20N2O5S3/c25-9-3-1-8(2-4-9)13-14-10-7-11(17(14)31-19-18(13)32-22(30)23-19)16-15(10)20(28)24(21(16)29)6-5-12(26)27/h1-4,10-11,13-17,25H,5-7H2,(H,23,30)(H,26,27). The van der Waals surface area contributed by atoms with Crippen LogP contribution in [0.2, 0.25) is 0 Å². The molecule has 6 rings (SSSR count). The van der Waals surface area contributed by atoms with E-state index < -0.39 is 5.97 Å². The number of hydrogen-bond acceptors (Lipinski definition) is 7. The van der Waals surface area contributed by atoms with Gasteiger partial charge in [-0.15, -0.1) is 23.1 Å². The van der Waals surface area contributed by atoms with E-state index in [0.717, 1.165) is 21.9 Å². The number of carbonyl (C=O) groups excluding carboxylic acids is 2. The number of thiazole rings is 1. The Labute approximate surface area is 196 Å². The number of rotatable bonds is 4. The number of nitrogens with one attached hydrogen (secondary N) is 1. The average molecular weight is 489 g/mol. The molecule has 7 nitrogen and oxygen atoms in total. The molecule has 166 valence electrons. The van der Waals surface area contributed by atoms with Crippen molar-refractivity contribution in [3.8, 4) is 5.75 Å². The van der Waals surface area contributed by atoms with Crippen molar-refractivity contribution >= 4 is 53.1 Å². The molecule has 0 spiro atoms. The Morgan fingerprint density at radius 2 is 1.84 bits per heavy atom. The molecule has 0 radical (unpaired) electrons. The number of aromatic amines is 1. The molecule has 7 unspecified atom stereocenters. The second-order valence-electron chi connectivity index (χ2n) is 9.02. The zero-order valence-electron chi connectivity index (χ0n) is 16.8. The molecule has 2 aromatic rings. The van der Waals surface area contributed by atoms with Crippen LogP contribution in [0.15, 0.2) is 29.3 Å². The average Bonchev–Trinajstić information content (AvgIpc) is 3.47. The zero-order chi connectivity index (χ0) is 22.3. The number of likely N-dealkylation sites (tertiary alicyclic amines) is 1. The van der Waals surface area contributed by atoms with Gasteiger partial charge >= 0.3 is 5.97 Å². The lowest BCUT2D eigenvalue weighted by Crippen LogP contribution is -2.42. The molecule has 4 aliphatic rings. The van der Waals surface area contributed by atoms with E-state index in [1.54, 1.807) is 35.2 Å². The van der Waals surface area contributed by atoms with Gasteiger partial charge in [0, 0.05) is 22.6 Å². The van der Waals surface area contributed by atoms with Gasteiger partial charge < -0.3 is 15.2 Å². The molecule has 32 heavy (non-hydrogen) atoms. The van der Waals surface area contributed by atoms with E-state index in [1.165, 1.54) is 4.90 Å². The van der Waals surface area contributed by atoms with Crippen molar-refractivity contribution in [2.75, 3.05) is 6.54 Å². The number of aromatic hydroxyl groups is 1. The number of thioether (sulfide) groups is 1. The molecule has 1 aromatic heterocycles. The van der Waals surface area contributed by atoms with Crippen LogP contribution in [0.25, 0.3) is 0 Å². The molecule has 2 amide bonds. The number of H-pyrrole nitrogens is 1. The van der Waals surface area contributed by atoms with Crippen LogP contribution in [0, 0.1) is 33.5 Å². The van der Waals surface area contributed by atoms with Gasteiger partial charge in [-0.25, -0.2) is 0 Å². The monoisotopic (exact) mass is 488 g/mol. The molecule has 2 bridgehead atoms. The third kappa shape index (κ3) is 2.78. The number of carbonyl (C=O) groups is 3. The predicted molar refractivity (Wildman–Crippen MR) is 120 cm³/mol. The van der Waals surface area contributed by atoms with E-state index in [1.807, 2.05) is 12.1 Å². The van der Waals surface area contributed by atoms with Crippen molar-refractivity contribution in [1.29, 1.82) is 0 Å². The van der Waals surface area contributed by atoms with Gasteiger partial charge in [-0.05, 0) is 54.1 Å². The number of aromatic nitrogens is 1. The molecule has 2 saturated carbocycles. The maximum Gasteiger partial charge on any atom is 0.305 e. The number of amides is 2. The van der Waals surface area contributed by atoms with Gasteiger partial charge in [-0.2, -0.15) is 0 Å². The minimum atomic E-state index is -1.01. The predicted octanol–water partition coefficient (Wildman–Crippen LogP) is 3.46. The Morgan fingerprint density at radius 3 is 2.53 bits per heavy atom. The topological polar surface area (TPSA) is 111 Å². The van der Waals surface area contributed by atoms with E-state index in [0.29, 0.717) is 3.95 Å². The molecule has 7 atom stereocenters. The van der Waals surface area contributed by atoms with Crippen molar-refractivity contribution < 1.29 is 24.6 Å². The Balaban J connectivity index is 1.41. The van der Waals surface area contributed by atoms with E-state index >= 15 is 0 Å². The molecule has 3 heterocycles. The third-order valence-electron chi connectivity index (χ3n) is 7.62. The van der Waals surface area contributed by atoms with E-state index in [2.05, 4.69) is 4.98 Å². The summed E-state index contributed by atoms with van der Waals surface area (Å²) in [5.41, 5.74) is 1.08. The Morgan fingerprint density at radius 1 is 1.16 bits per heavy atom. The fraction of sp³-hybridized carbons (Fsp3) is 0.455. The van der Waals surface area contributed by atoms with Crippen molar-refractivity contribution in [1.82, 2.24) is 9.88 Å². The summed E-state index contributed by atoms with van der Waals surface area (Å²) < 4.78 is 0.714. The van der Waals surface area contributed by atoms with E-state index in [4.69, 9.17) is 17.3 Å². The van der Waals surface area contributed by atoms with Gasteiger partial charge in [0.15, 0.2) is 3.95 Å². The maximum absolute atomic E-state index is 13.3. The molecule has 1 aromatic carbocycles. The first-order valence-electron chi connectivity index (χ1n) is 10.6. The van der Waals surface area contributed by atoms with Crippen LogP contribution in [0.3, 0.4) is 0 Å². The van der Waals surface area contributed by atoms with Crippen molar-refractivity contribution in [2.24, 2.45) is 29.6 Å². The summed E-state index contributed by atoms with van der Waals surface area (Å²) in [5.74, 6) is -1.54. The maximum atomic E-state index is 13.3. The fourth-order valence-corrected chi connectivity index (χ4v) is 9.90. The van der Waals surface area contributed by atoms with Crippen LogP contribution < -0.4 is 0 Å². The number of hydrogen-bond donors (Lipinski definition) is 3. The molecule has 2 aliphatic carbocycles. The molecular formula is C22H20N2O5S3. The lowest BCUT2D eigenvalue weighted by molar-refractivity contribution is -0.142. The summed E-state index contributed by atoms with van der Waals surface area (Å²) >= 11 is 8.75. The van der Waals surface area contributed by atoms with Crippen molar-refractivity contribution in [3.63, 3.8) is 0 Å². The number of phenols is 1. The van der Waals surface area contributed by atoms with Crippen LogP contribution >= 0.6 is 35.3 Å². The number of carboxylic acid groups (broad SMARTS) is 1. The van der Waals surface area contributed by atoms with Gasteiger partial charge in [0.2, 0.25) is 11.8 Å². The normalized spacial score (nSPS) is 34.5. The van der Waals surface area contributed by atoms with Gasteiger partial charge in [-0.3, -0.25) is 19.3 Å². The highest BCUT2D eigenvalue weighted by Gasteiger charge is 2.69. The van der Waals surface area contributed by atoms with Gasteiger partial charge in [-0.1, -0.05) is 12.1 Å². The summed E-state index contributed by atoms with van der Waals surface area (Å²) in [6.07, 6.45) is 0.615. The first-order valence-corrected chi connectivity index (χ1v) is 12.7. The Kier molecular flexibility index (Phi) is 4.58. The molecule has 2 aliphatic heterocycles. The fourth-order valence-electron chi connectivity index (χ4n) is 6.56. The first kappa shape index (κ1) is 20.4. The largest absolute Gasteiger partial charge is 0.508 e. The van der Waals surface area contributed by atoms with Gasteiger partial charge in [0.25, 0.3) is 0 Å². The minimum absolute atomic E-state index is 0.0433. The number of aliphatic carboxylic acids is 1. The number of benzene rings is 1. The van der Waals surface area contributed by atoms with Crippen LogP contribution in [0.1, 0.15) is 29.2 Å². The lowest BCUT2D eigenvalue weighted by atomic mass is 9.68. The number of phenolic OH excluding ortho intramolecular Hbond substituents is 1. The smallest absolute Gasteiger partial charge is 0.305 e. The third-order valence-corrected chi connectivity index (χ3v) is 10.6. The highest BCUT2D eigenvalue weighted by atomic mass is 32.2. The summed E-state index contributed by atoms with van der Waals surface area (Å²) in [7, 11) is 0. The van der Waals surface area contributed by atoms with E-state index in [9.17, 15) is 19.5 Å². The molecule has 10 heteroatoms. The molecular weight excluding hydrogens is 468 g/mol. The SMILES string of the molecule is O=C(O)CCN1C(=O)C2C3CC(C2C1=O)C1C(c2ccc(O)cc2)c2sc(=S)[nH]c2SC31. The quantitative estimate of drug-likeness (QED) is 0.446. The van der Waals surface area contributed by atoms with Crippen LogP contribution in [-0.4, -0.2) is 49.7 Å². The van der Waals surface area contributed by atoms with Crippen LogP contribution in [-0.2, 0) is 14.4 Å². The molecule has 3 fully saturated rings. The van der Waals surface area contributed by atoms with Crippen molar-refractivity contribution in [3.05, 3.63) is 38.7 Å². The van der Waals surface area contributed by atoms with Crippen LogP contribution in [0.4, 0.5) is 0 Å². The highest BCUT2D eigenvalue weighted by Crippen LogP contribution is 2.68. The highest BCUT2D eigenvalue weighted by molar-refractivity contribution is 8.00. The minimum Gasteiger partial charge on any atom is -0.508 e. The van der Waals surface area contributed by atoms with Gasteiger partial charge in [0.1, 0.15) is 5.75 Å². The summed E-state index contributed by atoms with van der Waals surface area (Å²) in [6.45, 7) is -0.0519. The second kappa shape index (κ2) is 7.16. The van der Waals surface area contributed by atoms with Crippen molar-refractivity contribution in [2.45, 2.75) is 29.0 Å². The number of carboxylic acids is 1. The second-order valence-corrected chi connectivity index (χ2v) is 11.9. The summed E-state index contributed by atoms with van der Waals surface area (Å²) in [5, 5.41) is 20.1. The Bertz CT molecular complexity index is 1200.